The van der Waals surface area contributed by atoms with Crippen molar-refractivity contribution in [1.29, 1.82) is 0 Å². The first-order valence-corrected chi connectivity index (χ1v) is 25.0. The van der Waals surface area contributed by atoms with Crippen molar-refractivity contribution in [2.75, 3.05) is 51.1 Å². The molecule has 266 valence electrons. The minimum atomic E-state index is -2.72. The Morgan fingerprint density at radius 1 is 0.318 bits per heavy atom. The highest BCUT2D eigenvalue weighted by atomic mass is 33.1. The Morgan fingerprint density at radius 2 is 0.523 bits per heavy atom. The lowest BCUT2D eigenvalue weighted by Crippen LogP contribution is -2.47. The minimum Gasteiger partial charge on any atom is -0.373 e. The fourth-order valence-electron chi connectivity index (χ4n) is 4.61. The van der Waals surface area contributed by atoms with Crippen molar-refractivity contribution >= 4 is 39.2 Å². The van der Waals surface area contributed by atoms with Gasteiger partial charge >= 0.3 is 17.6 Å². The van der Waals surface area contributed by atoms with E-state index in [2.05, 4.69) is 41.5 Å². The number of rotatable bonds is 37. The van der Waals surface area contributed by atoms with E-state index in [4.69, 9.17) is 26.6 Å². The zero-order valence-electron chi connectivity index (χ0n) is 30.1. The van der Waals surface area contributed by atoms with Crippen LogP contribution in [0.1, 0.15) is 157 Å². The second-order valence-corrected chi connectivity index (χ2v) is 20.0. The molecule has 0 heterocycles. The Labute approximate surface area is 285 Å². The van der Waals surface area contributed by atoms with Crippen LogP contribution in [0.3, 0.4) is 0 Å². The Hall–Kier alpha value is 0.894. The monoisotopic (exact) mass is 698 g/mol. The number of hydrogen-bond donors (Lipinski definition) is 0. The van der Waals surface area contributed by atoms with Gasteiger partial charge in [-0.1, -0.05) is 140 Å². The molecule has 0 radical (unpaired) electrons. The average molecular weight is 699 g/mol. The zero-order chi connectivity index (χ0) is 32.5. The summed E-state index contributed by atoms with van der Waals surface area (Å²) in [7, 11) is -1.61. The summed E-state index contributed by atoms with van der Waals surface area (Å²) in [6.07, 6.45) is 20.7. The van der Waals surface area contributed by atoms with Crippen molar-refractivity contribution in [3.8, 4) is 0 Å². The topological polar surface area (TPSA) is 55.4 Å². The third kappa shape index (κ3) is 25.9. The molecule has 10 heteroatoms. The molecule has 0 saturated heterocycles. The number of unbranched alkanes of at least 4 members (excludes halogenated alkanes) is 12. The van der Waals surface area contributed by atoms with Crippen LogP contribution in [-0.4, -0.2) is 68.8 Å². The molecular weight excluding hydrogens is 625 g/mol. The third-order valence-corrected chi connectivity index (χ3v) is 16.2. The van der Waals surface area contributed by atoms with Crippen molar-refractivity contribution in [3.05, 3.63) is 0 Å². The lowest BCUT2D eigenvalue weighted by atomic mass is 10.3. The Morgan fingerprint density at radius 3 is 0.705 bits per heavy atom. The molecule has 0 aliphatic heterocycles. The zero-order valence-corrected chi connectivity index (χ0v) is 33.7. The molecule has 0 saturated carbocycles. The van der Waals surface area contributed by atoms with Crippen LogP contribution in [0, 0.1) is 0 Å². The first kappa shape index (κ1) is 44.9. The maximum atomic E-state index is 6.56. The molecule has 0 amide bonds. The van der Waals surface area contributed by atoms with Crippen LogP contribution in [0.4, 0.5) is 0 Å². The number of hydrogen-bond acceptors (Lipinski definition) is 8. The second kappa shape index (κ2) is 33.8. The molecule has 0 aromatic heterocycles. The summed E-state index contributed by atoms with van der Waals surface area (Å²) < 4.78 is 39.4. The Kier molecular flexibility index (Phi) is 34.5. The summed E-state index contributed by atoms with van der Waals surface area (Å²) in [5.74, 6) is 1.93. The van der Waals surface area contributed by atoms with Gasteiger partial charge in [-0.05, 0) is 38.5 Å². The second-order valence-electron chi connectivity index (χ2n) is 11.8. The summed E-state index contributed by atoms with van der Waals surface area (Å²) in [5, 5.41) is 0. The van der Waals surface area contributed by atoms with Gasteiger partial charge in [-0.25, -0.2) is 0 Å². The molecule has 0 aliphatic rings. The summed E-state index contributed by atoms with van der Waals surface area (Å²) >= 11 is 0. The molecule has 0 aromatic rings. The Balaban J connectivity index is 5.24. The molecule has 0 bridgehead atoms. The highest BCUT2D eigenvalue weighted by Crippen LogP contribution is 2.31. The molecule has 0 rings (SSSR count). The van der Waals surface area contributed by atoms with E-state index in [0.717, 1.165) is 102 Å². The normalized spacial score (nSPS) is 12.4. The fraction of sp³-hybridized carbons (Fsp3) is 1.00. The highest BCUT2D eigenvalue weighted by molar-refractivity contribution is 8.76. The van der Waals surface area contributed by atoms with Gasteiger partial charge in [-0.2, -0.15) is 0 Å². The smallest absolute Gasteiger partial charge is 0.373 e. The maximum absolute atomic E-state index is 6.56. The van der Waals surface area contributed by atoms with Gasteiger partial charge in [0.2, 0.25) is 0 Å². The quantitative estimate of drug-likeness (QED) is 0.0361. The minimum absolute atomic E-state index is 0.744. The Bertz CT molecular complexity index is 469. The van der Waals surface area contributed by atoms with Gasteiger partial charge in [0, 0.05) is 63.2 Å². The standard InChI is InChI=1S/C34H74O6S2Si2/c1-7-13-19-25-35-43(36-26-20-14-8-2,37-27-21-15-9-3)33-31-41-42-32-34-44(38-28-22-16-10-4,39-29-23-17-11-5)40-30-24-18-12-6/h7-34H2,1-6H3. The molecule has 0 aliphatic carbocycles. The molecule has 0 aromatic carbocycles. The average Bonchev–Trinajstić information content (AvgIpc) is 3.03. The van der Waals surface area contributed by atoms with E-state index in [1.165, 1.54) is 77.0 Å². The molecule has 0 N–H and O–H groups in total. The van der Waals surface area contributed by atoms with Gasteiger partial charge in [-0.15, -0.1) is 0 Å². The van der Waals surface area contributed by atoms with Crippen LogP contribution in [0.25, 0.3) is 0 Å². The van der Waals surface area contributed by atoms with Crippen molar-refractivity contribution in [3.63, 3.8) is 0 Å². The van der Waals surface area contributed by atoms with Gasteiger partial charge in [-0.3, -0.25) is 0 Å². The summed E-state index contributed by atoms with van der Waals surface area (Å²) in [4.78, 5) is 0. The van der Waals surface area contributed by atoms with Crippen LogP contribution < -0.4 is 0 Å². The van der Waals surface area contributed by atoms with Gasteiger partial charge in [0.25, 0.3) is 0 Å². The van der Waals surface area contributed by atoms with Crippen molar-refractivity contribution in [1.82, 2.24) is 0 Å². The molecule has 44 heavy (non-hydrogen) atoms. The molecule has 0 unspecified atom stereocenters. The van der Waals surface area contributed by atoms with Crippen molar-refractivity contribution < 1.29 is 26.6 Å². The van der Waals surface area contributed by atoms with Gasteiger partial charge < -0.3 is 26.6 Å². The van der Waals surface area contributed by atoms with E-state index in [9.17, 15) is 0 Å². The molecule has 0 fully saturated rings. The maximum Gasteiger partial charge on any atom is 0.501 e. The van der Waals surface area contributed by atoms with E-state index < -0.39 is 17.6 Å². The lowest BCUT2D eigenvalue weighted by Gasteiger charge is -2.30. The van der Waals surface area contributed by atoms with E-state index in [-0.39, 0.29) is 0 Å². The lowest BCUT2D eigenvalue weighted by molar-refractivity contribution is 0.0562. The first-order chi connectivity index (χ1) is 21.6. The van der Waals surface area contributed by atoms with E-state index >= 15 is 0 Å². The predicted molar refractivity (Wildman–Crippen MR) is 199 cm³/mol. The largest absolute Gasteiger partial charge is 0.501 e. The van der Waals surface area contributed by atoms with Gasteiger partial charge in [0.15, 0.2) is 0 Å². The highest BCUT2D eigenvalue weighted by Gasteiger charge is 2.42. The van der Waals surface area contributed by atoms with Gasteiger partial charge in [0.05, 0.1) is 0 Å². The summed E-state index contributed by atoms with van der Waals surface area (Å²) in [5.41, 5.74) is 0. The van der Waals surface area contributed by atoms with E-state index in [1.54, 1.807) is 0 Å². The molecule has 0 atom stereocenters. The van der Waals surface area contributed by atoms with E-state index in [0.29, 0.717) is 0 Å². The van der Waals surface area contributed by atoms with Crippen LogP contribution in [0.5, 0.6) is 0 Å². The van der Waals surface area contributed by atoms with Crippen molar-refractivity contribution in [2.45, 2.75) is 169 Å². The summed E-state index contributed by atoms with van der Waals surface area (Å²) in [6.45, 7) is 17.9. The van der Waals surface area contributed by atoms with E-state index in [1.807, 2.05) is 21.6 Å². The van der Waals surface area contributed by atoms with Gasteiger partial charge in [0.1, 0.15) is 0 Å². The van der Waals surface area contributed by atoms with Crippen LogP contribution >= 0.6 is 21.6 Å². The van der Waals surface area contributed by atoms with Crippen molar-refractivity contribution in [2.24, 2.45) is 0 Å². The molecule has 6 nitrogen and oxygen atoms in total. The van der Waals surface area contributed by atoms with Crippen LogP contribution in [-0.2, 0) is 26.6 Å². The van der Waals surface area contributed by atoms with Crippen LogP contribution in [0.2, 0.25) is 12.1 Å². The molecule has 0 spiro atoms. The first-order valence-electron chi connectivity index (χ1n) is 18.7. The predicted octanol–water partition coefficient (Wildman–Crippen LogP) is 11.5. The summed E-state index contributed by atoms with van der Waals surface area (Å²) in [6, 6.07) is 1.73. The van der Waals surface area contributed by atoms with Crippen LogP contribution in [0.15, 0.2) is 0 Å². The molecular formula is C34H74O6S2Si2. The third-order valence-electron chi connectivity index (χ3n) is 7.49. The SMILES string of the molecule is CCCCCO[Si](CCSSCC[Si](OCCCCC)(OCCCCC)OCCCCC)(OCCCCC)OCCCCC. The fourth-order valence-corrected chi connectivity index (χ4v) is 13.8.